The first-order chi connectivity index (χ1) is 7.66. The summed E-state index contributed by atoms with van der Waals surface area (Å²) < 4.78 is 2.99. The number of rotatable bonds is 2. The lowest BCUT2D eigenvalue weighted by atomic mass is 10.1. The molecule has 1 aromatic carbocycles. The van der Waals surface area contributed by atoms with Gasteiger partial charge in [0.2, 0.25) is 0 Å². The number of carbonyl (C=O) groups is 1. The number of amides is 1. The molecular weight excluding hydrogens is 247 g/mol. The third-order valence-corrected chi connectivity index (χ3v) is 4.44. The van der Waals surface area contributed by atoms with Gasteiger partial charge in [-0.15, -0.1) is 11.6 Å². The maximum Gasteiger partial charge on any atom is 0.288 e. The van der Waals surface area contributed by atoms with E-state index in [1.54, 1.807) is 29.9 Å². The Labute approximate surface area is 100 Å². The zero-order chi connectivity index (χ0) is 11.7. The lowest BCUT2D eigenvalue weighted by molar-refractivity contribution is -0.169. The molecule has 0 aliphatic carbocycles. The molecule has 16 heavy (non-hydrogen) atoms. The minimum atomic E-state index is -2.25. The smallest absolute Gasteiger partial charge is 0.288 e. The molecule has 6 heteroatoms. The molecular formula is C10H12ClN2O2P. The van der Waals surface area contributed by atoms with Crippen LogP contribution in [0.4, 0.5) is 5.69 Å². The minimum Gasteiger partial charge on any atom is -0.644 e. The Hall–Kier alpha value is -0.830. The van der Waals surface area contributed by atoms with E-state index in [-0.39, 0.29) is 11.8 Å². The number of para-hydroxylation sites is 1. The van der Waals surface area contributed by atoms with Gasteiger partial charge in [-0.1, -0.05) is 12.1 Å². The maximum atomic E-state index is 12.0. The Morgan fingerprint density at radius 2 is 2.12 bits per heavy atom. The van der Waals surface area contributed by atoms with Gasteiger partial charge in [0.15, 0.2) is 0 Å². The first-order valence-corrected chi connectivity index (χ1v) is 6.75. The van der Waals surface area contributed by atoms with E-state index in [1.807, 2.05) is 6.07 Å². The van der Waals surface area contributed by atoms with E-state index < -0.39 is 8.45 Å². The minimum absolute atomic E-state index is 0.196. The van der Waals surface area contributed by atoms with Gasteiger partial charge in [-0.3, -0.25) is 4.79 Å². The second-order valence-corrected chi connectivity index (χ2v) is 5.66. The molecule has 0 saturated carbocycles. The predicted octanol–water partition coefficient (Wildman–Crippen LogP) is 1.14. The molecule has 0 aromatic heterocycles. The summed E-state index contributed by atoms with van der Waals surface area (Å²) in [5.74, 6) is 0.0938. The van der Waals surface area contributed by atoms with Crippen molar-refractivity contribution in [1.29, 1.82) is 0 Å². The fourth-order valence-corrected chi connectivity index (χ4v) is 3.42. The Balaban J connectivity index is 2.43. The molecule has 1 atom stereocenters. The molecule has 86 valence electrons. The highest BCUT2D eigenvalue weighted by atomic mass is 35.5. The second kappa shape index (κ2) is 4.58. The van der Waals surface area contributed by atoms with Crippen LogP contribution in [0.2, 0.25) is 0 Å². The van der Waals surface area contributed by atoms with Gasteiger partial charge in [0.05, 0.1) is 17.8 Å². The largest absolute Gasteiger partial charge is 0.644 e. The van der Waals surface area contributed by atoms with Crippen molar-refractivity contribution >= 4 is 31.6 Å². The molecule has 0 spiro atoms. The lowest BCUT2D eigenvalue weighted by Crippen LogP contribution is -2.42. The van der Waals surface area contributed by atoms with E-state index in [2.05, 4.69) is 0 Å². The molecule has 1 aliphatic heterocycles. The molecule has 1 amide bonds. The highest BCUT2D eigenvalue weighted by Crippen LogP contribution is 2.45. The fourth-order valence-electron chi connectivity index (χ4n) is 1.75. The lowest BCUT2D eigenvalue weighted by Gasteiger charge is -2.38. The molecule has 1 aliphatic rings. The van der Waals surface area contributed by atoms with Gasteiger partial charge in [-0.2, -0.15) is 4.67 Å². The van der Waals surface area contributed by atoms with Crippen molar-refractivity contribution in [3.05, 3.63) is 29.8 Å². The number of anilines is 1. The average Bonchev–Trinajstić information content (AvgIpc) is 2.32. The van der Waals surface area contributed by atoms with Gasteiger partial charge in [-0.25, -0.2) is 4.67 Å². The molecule has 0 radical (unpaired) electrons. The van der Waals surface area contributed by atoms with Crippen molar-refractivity contribution in [2.45, 2.75) is 0 Å². The molecule has 0 N–H and O–H groups in total. The van der Waals surface area contributed by atoms with E-state index >= 15 is 0 Å². The molecule has 0 bridgehead atoms. The highest BCUT2D eigenvalue weighted by Gasteiger charge is 2.35. The molecule has 0 saturated heterocycles. The van der Waals surface area contributed by atoms with Crippen molar-refractivity contribution < 1.29 is 9.69 Å². The summed E-state index contributed by atoms with van der Waals surface area (Å²) in [5.41, 5.74) is 1.31. The Morgan fingerprint density at radius 3 is 2.81 bits per heavy atom. The van der Waals surface area contributed by atoms with E-state index in [1.165, 1.54) is 4.67 Å². The van der Waals surface area contributed by atoms with Gasteiger partial charge in [0.25, 0.3) is 5.91 Å². The number of alkyl halides is 1. The maximum absolute atomic E-state index is 12.0. The molecule has 1 heterocycles. The van der Waals surface area contributed by atoms with Crippen LogP contribution in [-0.4, -0.2) is 30.1 Å². The predicted molar refractivity (Wildman–Crippen MR) is 64.9 cm³/mol. The van der Waals surface area contributed by atoms with Crippen LogP contribution in [0.3, 0.4) is 0 Å². The van der Waals surface area contributed by atoms with Crippen LogP contribution in [-0.2, 0) is 0 Å². The summed E-state index contributed by atoms with van der Waals surface area (Å²) in [6.07, 6.45) is 0. The molecule has 2 rings (SSSR count). The topological polar surface area (TPSA) is 46.6 Å². The number of fused-ring (bicyclic) bond motifs is 1. The molecule has 1 aromatic rings. The van der Waals surface area contributed by atoms with Crippen LogP contribution in [0, 0.1) is 0 Å². The molecule has 4 nitrogen and oxygen atoms in total. The summed E-state index contributed by atoms with van der Waals surface area (Å²) in [6, 6.07) is 7.17. The normalized spacial score (nSPS) is 19.9. The summed E-state index contributed by atoms with van der Waals surface area (Å²) in [5, 5.41) is 0. The summed E-state index contributed by atoms with van der Waals surface area (Å²) >= 11 is 5.61. The van der Waals surface area contributed by atoms with Crippen molar-refractivity contribution in [2.24, 2.45) is 0 Å². The van der Waals surface area contributed by atoms with Gasteiger partial charge in [-0.05, 0) is 12.1 Å². The van der Waals surface area contributed by atoms with Crippen LogP contribution >= 0.6 is 20.1 Å². The first-order valence-electron chi connectivity index (χ1n) is 4.91. The third kappa shape index (κ3) is 1.77. The van der Waals surface area contributed by atoms with Crippen LogP contribution in [0.25, 0.3) is 0 Å². The van der Waals surface area contributed by atoms with E-state index in [9.17, 15) is 9.69 Å². The number of nitrogens with zero attached hydrogens (tertiary/aromatic N) is 2. The second-order valence-electron chi connectivity index (χ2n) is 3.50. The number of hydrogen-bond donors (Lipinski definition) is 0. The summed E-state index contributed by atoms with van der Waals surface area (Å²) in [6.45, 7) is 0.316. The third-order valence-electron chi connectivity index (χ3n) is 2.57. The quantitative estimate of drug-likeness (QED) is 0.590. The number of carbonyl (C=O) groups excluding carboxylic acids is 1. The Kier molecular flexibility index (Phi) is 3.33. The van der Waals surface area contributed by atoms with Crippen molar-refractivity contribution in [3.63, 3.8) is 0 Å². The fraction of sp³-hybridized carbons (Fsp3) is 0.300. The number of halogens is 1. The highest BCUT2D eigenvalue weighted by molar-refractivity contribution is 7.50. The average molecular weight is 259 g/mol. The van der Waals surface area contributed by atoms with Gasteiger partial charge >= 0.3 is 0 Å². The summed E-state index contributed by atoms with van der Waals surface area (Å²) in [7, 11) is -0.520. The van der Waals surface area contributed by atoms with Gasteiger partial charge in [0.1, 0.15) is 8.45 Å². The van der Waals surface area contributed by atoms with E-state index in [4.69, 9.17) is 11.6 Å². The van der Waals surface area contributed by atoms with E-state index in [0.29, 0.717) is 12.1 Å². The molecule has 0 fully saturated rings. The number of hydrogen-bond acceptors (Lipinski definition) is 3. The van der Waals surface area contributed by atoms with Gasteiger partial charge < -0.3 is 4.89 Å². The van der Waals surface area contributed by atoms with Crippen LogP contribution in [0.15, 0.2) is 24.3 Å². The Morgan fingerprint density at radius 1 is 1.44 bits per heavy atom. The SMILES string of the molecule is CN1c2ccccc2C(=O)N(CCCl)[PH+]1[O-]. The van der Waals surface area contributed by atoms with Crippen molar-refractivity contribution in [2.75, 3.05) is 24.1 Å². The zero-order valence-electron chi connectivity index (χ0n) is 8.81. The van der Waals surface area contributed by atoms with E-state index in [0.717, 1.165) is 5.69 Å². The summed E-state index contributed by atoms with van der Waals surface area (Å²) in [4.78, 5) is 24.1. The van der Waals surface area contributed by atoms with Crippen molar-refractivity contribution in [1.82, 2.24) is 4.67 Å². The number of benzene rings is 1. The van der Waals surface area contributed by atoms with Crippen LogP contribution in [0.1, 0.15) is 10.4 Å². The van der Waals surface area contributed by atoms with Crippen LogP contribution in [0.5, 0.6) is 0 Å². The monoisotopic (exact) mass is 258 g/mol. The first kappa shape index (κ1) is 11.6. The molecule has 1 unspecified atom stereocenters. The zero-order valence-corrected chi connectivity index (χ0v) is 10.6. The van der Waals surface area contributed by atoms with Crippen LogP contribution < -0.4 is 9.56 Å². The van der Waals surface area contributed by atoms with Gasteiger partial charge in [0, 0.05) is 12.9 Å². The Bertz CT molecular complexity index is 416. The van der Waals surface area contributed by atoms with Crippen molar-refractivity contribution in [3.8, 4) is 0 Å². The standard InChI is InChI=1S/C10H12ClN2O2P/c1-12-9-5-3-2-4-8(9)10(14)13(7-6-11)16(12)15/h2-5,16H,6-7H2,1H3.